The van der Waals surface area contributed by atoms with Crippen LogP contribution in [0.5, 0.6) is 0 Å². The van der Waals surface area contributed by atoms with Crippen molar-refractivity contribution in [2.24, 2.45) is 21.6 Å². The largest absolute Gasteiger partial charge is 0.366 e. The fraction of sp³-hybridized carbons (Fsp3) is 0.364. The molecule has 2 N–H and O–H groups in total. The van der Waals surface area contributed by atoms with Gasteiger partial charge in [-0.15, -0.1) is 0 Å². The van der Waals surface area contributed by atoms with Crippen LogP contribution < -0.4 is 5.73 Å². The fourth-order valence-corrected chi connectivity index (χ4v) is 1.76. The highest BCUT2D eigenvalue weighted by atomic mass is 16.1. The number of carbonyl (C=O) groups is 1. The minimum Gasteiger partial charge on any atom is -0.366 e. The molecule has 0 saturated heterocycles. The van der Waals surface area contributed by atoms with E-state index in [1.165, 1.54) is 0 Å². The molecule has 2 unspecified atom stereocenters. The summed E-state index contributed by atoms with van der Waals surface area (Å²) in [4.78, 5) is 19.7. The highest BCUT2D eigenvalue weighted by molar-refractivity contribution is 5.92. The summed E-state index contributed by atoms with van der Waals surface area (Å²) in [5, 5.41) is 0. The Hall–Kier alpha value is -1.71. The number of amides is 1. The van der Waals surface area contributed by atoms with Gasteiger partial charge in [-0.3, -0.25) is 14.8 Å². The van der Waals surface area contributed by atoms with Crippen molar-refractivity contribution < 1.29 is 4.79 Å². The summed E-state index contributed by atoms with van der Waals surface area (Å²) in [7, 11) is 0. The lowest BCUT2D eigenvalue weighted by Gasteiger charge is -2.21. The van der Waals surface area contributed by atoms with E-state index in [-0.39, 0.29) is 18.0 Å². The monoisotopic (exact) mass is 203 g/mol. The van der Waals surface area contributed by atoms with E-state index in [1.54, 1.807) is 12.4 Å². The molecular formula is C11H13N3O. The number of nitrogens with two attached hydrogens (primary N) is 1. The van der Waals surface area contributed by atoms with Crippen molar-refractivity contribution in [2.45, 2.75) is 19.0 Å². The molecule has 4 nitrogen and oxygen atoms in total. The molecule has 0 spiro atoms. The van der Waals surface area contributed by atoms with Gasteiger partial charge in [-0.1, -0.05) is 12.2 Å². The standard InChI is InChI=1S/C11H13N3O/c12-10(15)8-3-1-5-13-11-9(7-8)4-2-6-14-11/h2-6,9,11H,1,7H2,(H2,12,15). The van der Waals surface area contributed by atoms with Crippen molar-refractivity contribution in [2.75, 3.05) is 0 Å². The summed E-state index contributed by atoms with van der Waals surface area (Å²) < 4.78 is 0. The maximum absolute atomic E-state index is 11.1. The van der Waals surface area contributed by atoms with E-state index in [0.717, 1.165) is 0 Å². The summed E-state index contributed by atoms with van der Waals surface area (Å²) in [5.74, 6) is -0.183. The molecule has 2 atom stereocenters. The number of fused-ring (bicyclic) bond motifs is 1. The minimum absolute atomic E-state index is 0.0851. The first kappa shape index (κ1) is 9.83. The molecule has 0 bridgehead atoms. The molecule has 0 saturated carbocycles. The predicted molar refractivity (Wildman–Crippen MR) is 59.9 cm³/mol. The zero-order valence-electron chi connectivity index (χ0n) is 8.34. The predicted octanol–water partition coefficient (Wildman–Crippen LogP) is 0.846. The van der Waals surface area contributed by atoms with Crippen molar-refractivity contribution in [1.29, 1.82) is 0 Å². The number of dihydropyridines is 1. The van der Waals surface area contributed by atoms with Crippen LogP contribution in [0.25, 0.3) is 0 Å². The lowest BCUT2D eigenvalue weighted by Crippen LogP contribution is -2.24. The number of primary amides is 1. The zero-order chi connectivity index (χ0) is 10.7. The summed E-state index contributed by atoms with van der Waals surface area (Å²) in [6, 6.07) is 0. The summed E-state index contributed by atoms with van der Waals surface area (Å²) >= 11 is 0. The van der Waals surface area contributed by atoms with E-state index < -0.39 is 0 Å². The first-order chi connectivity index (χ1) is 7.27. The number of aliphatic imine (C=N–C) groups is 2. The maximum Gasteiger partial charge on any atom is 0.244 e. The van der Waals surface area contributed by atoms with Crippen LogP contribution in [-0.2, 0) is 4.79 Å². The molecule has 15 heavy (non-hydrogen) atoms. The highest BCUT2D eigenvalue weighted by Gasteiger charge is 2.22. The van der Waals surface area contributed by atoms with E-state index in [4.69, 9.17) is 5.73 Å². The van der Waals surface area contributed by atoms with Gasteiger partial charge < -0.3 is 5.73 Å². The molecule has 4 heteroatoms. The normalized spacial score (nSPS) is 28.9. The maximum atomic E-state index is 11.1. The fourth-order valence-electron chi connectivity index (χ4n) is 1.76. The van der Waals surface area contributed by atoms with Crippen LogP contribution in [0.3, 0.4) is 0 Å². The topological polar surface area (TPSA) is 67.8 Å². The molecule has 2 rings (SSSR count). The Labute approximate surface area is 88.3 Å². The second kappa shape index (κ2) is 4.21. The van der Waals surface area contributed by atoms with E-state index >= 15 is 0 Å². The van der Waals surface area contributed by atoms with Crippen molar-refractivity contribution in [3.63, 3.8) is 0 Å². The van der Waals surface area contributed by atoms with Crippen LogP contribution in [0.15, 0.2) is 33.8 Å². The molecule has 0 aromatic rings. The smallest absolute Gasteiger partial charge is 0.244 e. The number of rotatable bonds is 1. The number of allylic oxidation sites excluding steroid dienone is 2. The number of nitrogens with zero attached hydrogens (tertiary/aromatic N) is 2. The van der Waals surface area contributed by atoms with Crippen LogP contribution in [0.1, 0.15) is 12.8 Å². The van der Waals surface area contributed by atoms with Gasteiger partial charge in [-0.05, 0) is 12.5 Å². The van der Waals surface area contributed by atoms with Crippen LogP contribution in [0.2, 0.25) is 0 Å². The van der Waals surface area contributed by atoms with Gasteiger partial charge in [0.25, 0.3) is 0 Å². The van der Waals surface area contributed by atoms with Gasteiger partial charge in [0, 0.05) is 30.3 Å². The lowest BCUT2D eigenvalue weighted by atomic mass is 9.93. The Morgan fingerprint density at radius 2 is 2.33 bits per heavy atom. The van der Waals surface area contributed by atoms with Crippen molar-refractivity contribution in [1.82, 2.24) is 0 Å². The number of hydrogen-bond acceptors (Lipinski definition) is 3. The average molecular weight is 203 g/mol. The lowest BCUT2D eigenvalue weighted by molar-refractivity contribution is -0.114. The van der Waals surface area contributed by atoms with E-state index in [9.17, 15) is 4.79 Å². The molecule has 0 aliphatic carbocycles. The molecule has 2 aliphatic heterocycles. The first-order valence-electron chi connectivity index (χ1n) is 4.98. The number of hydrogen-bond donors (Lipinski definition) is 1. The van der Waals surface area contributed by atoms with Crippen LogP contribution >= 0.6 is 0 Å². The van der Waals surface area contributed by atoms with Gasteiger partial charge in [-0.2, -0.15) is 0 Å². The van der Waals surface area contributed by atoms with E-state index in [0.29, 0.717) is 18.4 Å². The Morgan fingerprint density at radius 3 is 3.13 bits per heavy atom. The summed E-state index contributed by atoms with van der Waals surface area (Å²) in [6.07, 6.45) is 10.5. The zero-order valence-corrected chi connectivity index (χ0v) is 8.34. The highest BCUT2D eigenvalue weighted by Crippen LogP contribution is 2.23. The van der Waals surface area contributed by atoms with Crippen LogP contribution in [0, 0.1) is 5.92 Å². The molecule has 2 heterocycles. The third-order valence-electron chi connectivity index (χ3n) is 2.57. The van der Waals surface area contributed by atoms with Gasteiger partial charge in [0.05, 0.1) is 0 Å². The van der Waals surface area contributed by atoms with Crippen molar-refractivity contribution in [3.8, 4) is 0 Å². The molecule has 78 valence electrons. The average Bonchev–Trinajstić information content (AvgIpc) is 2.18. The molecule has 0 radical (unpaired) electrons. The summed E-state index contributed by atoms with van der Waals surface area (Å²) in [6.45, 7) is 0. The van der Waals surface area contributed by atoms with Gasteiger partial charge in [0.1, 0.15) is 6.17 Å². The SMILES string of the molecule is NC(=O)C1=CCC=NC2N=CC=CC2C1. The Morgan fingerprint density at radius 1 is 1.47 bits per heavy atom. The van der Waals surface area contributed by atoms with E-state index in [1.807, 2.05) is 18.2 Å². The molecule has 0 aromatic carbocycles. The molecule has 0 fully saturated rings. The third kappa shape index (κ3) is 2.21. The van der Waals surface area contributed by atoms with E-state index in [2.05, 4.69) is 9.98 Å². The Bertz CT molecular complexity index is 379. The quantitative estimate of drug-likeness (QED) is 0.674. The first-order valence-corrected chi connectivity index (χ1v) is 4.98. The molecule has 2 aliphatic rings. The molecular weight excluding hydrogens is 190 g/mol. The molecule has 0 aromatic heterocycles. The van der Waals surface area contributed by atoms with Crippen LogP contribution in [-0.4, -0.2) is 24.5 Å². The second-order valence-electron chi connectivity index (χ2n) is 3.63. The second-order valence-corrected chi connectivity index (χ2v) is 3.63. The minimum atomic E-state index is -0.341. The third-order valence-corrected chi connectivity index (χ3v) is 2.57. The number of carbonyl (C=O) groups excluding carboxylic acids is 1. The Balaban J connectivity index is 2.22. The molecule has 1 amide bonds. The van der Waals surface area contributed by atoms with Gasteiger partial charge in [0.2, 0.25) is 5.91 Å². The van der Waals surface area contributed by atoms with Crippen molar-refractivity contribution >= 4 is 18.3 Å². The van der Waals surface area contributed by atoms with Gasteiger partial charge in [0.15, 0.2) is 0 Å². The van der Waals surface area contributed by atoms with Gasteiger partial charge >= 0.3 is 0 Å². The van der Waals surface area contributed by atoms with Gasteiger partial charge in [-0.25, -0.2) is 0 Å². The van der Waals surface area contributed by atoms with Crippen molar-refractivity contribution in [3.05, 3.63) is 23.8 Å². The summed E-state index contributed by atoms with van der Waals surface area (Å²) in [5.41, 5.74) is 5.97. The van der Waals surface area contributed by atoms with Crippen LogP contribution in [0.4, 0.5) is 0 Å². The Kier molecular flexibility index (Phi) is 2.76.